The van der Waals surface area contributed by atoms with Gasteiger partial charge in [0.1, 0.15) is 0 Å². The standard InChI is InChI=1S/C18H12ClN3OS/c1-11-6-2-4-8-13(11)16-20-18-22(21-16)17(23)15(24-18)10-12-7-3-5-9-14(12)19/h2-10H,1H3/b15-10-. The average molecular weight is 354 g/mol. The van der Waals surface area contributed by atoms with E-state index in [0.29, 0.717) is 20.3 Å². The lowest BCUT2D eigenvalue weighted by Gasteiger charge is -1.98. The fraction of sp³-hybridized carbons (Fsp3) is 0.0556. The summed E-state index contributed by atoms with van der Waals surface area (Å²) in [6, 6.07) is 15.3. The van der Waals surface area contributed by atoms with E-state index < -0.39 is 0 Å². The van der Waals surface area contributed by atoms with Crippen molar-refractivity contribution in [3.63, 3.8) is 0 Å². The predicted octanol–water partition coefficient (Wildman–Crippen LogP) is 3.33. The first kappa shape index (κ1) is 15.1. The highest BCUT2D eigenvalue weighted by molar-refractivity contribution is 7.15. The second-order valence-corrected chi connectivity index (χ2v) is 6.80. The molecule has 0 saturated carbocycles. The van der Waals surface area contributed by atoms with Gasteiger partial charge in [-0.05, 0) is 30.2 Å². The molecule has 24 heavy (non-hydrogen) atoms. The van der Waals surface area contributed by atoms with Crippen LogP contribution in [0, 0.1) is 6.92 Å². The number of rotatable bonds is 2. The van der Waals surface area contributed by atoms with Crippen LogP contribution in [0.5, 0.6) is 0 Å². The Morgan fingerprint density at radius 3 is 2.62 bits per heavy atom. The minimum atomic E-state index is -0.178. The van der Waals surface area contributed by atoms with E-state index >= 15 is 0 Å². The van der Waals surface area contributed by atoms with E-state index in [1.807, 2.05) is 49.4 Å². The van der Waals surface area contributed by atoms with Gasteiger partial charge in [0.05, 0.1) is 4.53 Å². The number of halogens is 1. The third kappa shape index (κ3) is 2.52. The van der Waals surface area contributed by atoms with Crippen molar-refractivity contribution in [2.75, 3.05) is 0 Å². The zero-order valence-corrected chi connectivity index (χ0v) is 14.3. The van der Waals surface area contributed by atoms with Crippen LogP contribution in [-0.4, -0.2) is 14.6 Å². The third-order valence-corrected chi connectivity index (χ3v) is 5.06. The summed E-state index contributed by atoms with van der Waals surface area (Å²) in [5.41, 5.74) is 2.64. The molecule has 0 aliphatic carbocycles. The molecule has 6 heteroatoms. The van der Waals surface area contributed by atoms with E-state index in [4.69, 9.17) is 11.6 Å². The largest absolute Gasteiger partial charge is 0.291 e. The lowest BCUT2D eigenvalue weighted by molar-refractivity contribution is 0.936. The molecule has 2 aromatic heterocycles. The summed E-state index contributed by atoms with van der Waals surface area (Å²) in [5, 5.41) is 4.99. The molecule has 0 radical (unpaired) electrons. The smallest absolute Gasteiger partial charge is 0.266 e. The Labute approximate surface area is 146 Å². The molecular weight excluding hydrogens is 342 g/mol. The summed E-state index contributed by atoms with van der Waals surface area (Å²) in [7, 11) is 0. The molecule has 0 fully saturated rings. The molecule has 0 bridgehead atoms. The fourth-order valence-corrected chi connectivity index (χ4v) is 3.59. The van der Waals surface area contributed by atoms with E-state index in [2.05, 4.69) is 10.1 Å². The predicted molar refractivity (Wildman–Crippen MR) is 97.5 cm³/mol. The van der Waals surface area contributed by atoms with E-state index in [1.165, 1.54) is 15.9 Å². The summed E-state index contributed by atoms with van der Waals surface area (Å²) in [4.78, 5) is 17.7. The quantitative estimate of drug-likeness (QED) is 0.555. The molecular formula is C18H12ClN3OS. The summed E-state index contributed by atoms with van der Waals surface area (Å²) >= 11 is 7.47. The minimum absolute atomic E-state index is 0.178. The monoisotopic (exact) mass is 353 g/mol. The molecule has 0 unspecified atom stereocenters. The third-order valence-electron chi connectivity index (χ3n) is 3.76. The van der Waals surface area contributed by atoms with E-state index in [0.717, 1.165) is 16.7 Å². The molecule has 0 spiro atoms. The molecule has 4 rings (SSSR count). The summed E-state index contributed by atoms with van der Waals surface area (Å²) in [5.74, 6) is 0.570. The lowest BCUT2D eigenvalue weighted by Crippen LogP contribution is -2.23. The van der Waals surface area contributed by atoms with Gasteiger partial charge in [-0.15, -0.1) is 5.10 Å². The van der Waals surface area contributed by atoms with Crippen LogP contribution in [0.1, 0.15) is 11.1 Å². The van der Waals surface area contributed by atoms with Crippen molar-refractivity contribution in [3.05, 3.63) is 79.6 Å². The molecule has 4 nitrogen and oxygen atoms in total. The molecule has 2 heterocycles. The van der Waals surface area contributed by atoms with E-state index in [9.17, 15) is 4.79 Å². The van der Waals surface area contributed by atoms with Gasteiger partial charge in [0.2, 0.25) is 4.96 Å². The number of aryl methyl sites for hydroxylation is 1. The molecule has 4 aromatic rings. The zero-order valence-electron chi connectivity index (χ0n) is 12.7. The fourth-order valence-electron chi connectivity index (χ4n) is 2.50. The van der Waals surface area contributed by atoms with Crippen molar-refractivity contribution >= 4 is 34.0 Å². The number of hydrogen-bond acceptors (Lipinski definition) is 4. The zero-order chi connectivity index (χ0) is 16.7. The Balaban J connectivity index is 1.87. The first-order chi connectivity index (χ1) is 11.6. The van der Waals surface area contributed by atoms with Gasteiger partial charge in [-0.1, -0.05) is 65.4 Å². The molecule has 118 valence electrons. The summed E-state index contributed by atoms with van der Waals surface area (Å²) in [6.45, 7) is 2.00. The molecule has 0 aliphatic rings. The first-order valence-corrected chi connectivity index (χ1v) is 8.55. The number of thiazole rings is 1. The second kappa shape index (κ2) is 5.85. The highest BCUT2D eigenvalue weighted by atomic mass is 35.5. The number of nitrogens with zero attached hydrogens (tertiary/aromatic N) is 3. The summed E-state index contributed by atoms with van der Waals surface area (Å²) in [6.07, 6.45) is 1.78. The molecule has 2 aromatic carbocycles. The van der Waals surface area contributed by atoms with E-state index in [-0.39, 0.29) is 5.56 Å². The topological polar surface area (TPSA) is 47.3 Å². The van der Waals surface area contributed by atoms with Crippen LogP contribution in [0.15, 0.2) is 53.3 Å². The van der Waals surface area contributed by atoms with Gasteiger partial charge < -0.3 is 0 Å². The number of fused-ring (bicyclic) bond motifs is 1. The van der Waals surface area contributed by atoms with Crippen LogP contribution in [0.2, 0.25) is 5.02 Å². The van der Waals surface area contributed by atoms with Gasteiger partial charge in [-0.25, -0.2) is 0 Å². The van der Waals surface area contributed by atoms with Crippen LogP contribution in [-0.2, 0) is 0 Å². The van der Waals surface area contributed by atoms with E-state index in [1.54, 1.807) is 12.1 Å². The first-order valence-electron chi connectivity index (χ1n) is 7.35. The van der Waals surface area contributed by atoms with Crippen molar-refractivity contribution in [1.29, 1.82) is 0 Å². The molecule has 0 N–H and O–H groups in total. The molecule has 0 atom stereocenters. The van der Waals surface area contributed by atoms with Gasteiger partial charge >= 0.3 is 0 Å². The Bertz CT molecular complexity index is 1160. The maximum atomic E-state index is 12.6. The van der Waals surface area contributed by atoms with Gasteiger partial charge in [0.25, 0.3) is 5.56 Å². The second-order valence-electron chi connectivity index (χ2n) is 5.38. The van der Waals surface area contributed by atoms with Crippen LogP contribution in [0.3, 0.4) is 0 Å². The van der Waals surface area contributed by atoms with Crippen LogP contribution in [0.4, 0.5) is 0 Å². The van der Waals surface area contributed by atoms with Crippen LogP contribution in [0.25, 0.3) is 22.4 Å². The van der Waals surface area contributed by atoms with Crippen molar-refractivity contribution < 1.29 is 0 Å². The van der Waals surface area contributed by atoms with Crippen molar-refractivity contribution in [2.45, 2.75) is 6.92 Å². The van der Waals surface area contributed by atoms with Gasteiger partial charge in [0.15, 0.2) is 5.82 Å². The Morgan fingerprint density at radius 2 is 1.88 bits per heavy atom. The number of aromatic nitrogens is 3. The lowest BCUT2D eigenvalue weighted by atomic mass is 10.1. The van der Waals surface area contributed by atoms with Crippen molar-refractivity contribution in [2.24, 2.45) is 0 Å². The Kier molecular flexibility index (Phi) is 3.67. The molecule has 0 saturated heterocycles. The SMILES string of the molecule is Cc1ccccc1-c1nc2s/c(=C\c3ccccc3Cl)c(=O)n2n1. The average Bonchev–Trinajstić information content (AvgIpc) is 3.10. The maximum absolute atomic E-state index is 12.6. The Morgan fingerprint density at radius 1 is 1.12 bits per heavy atom. The van der Waals surface area contributed by atoms with Crippen LogP contribution >= 0.6 is 22.9 Å². The number of hydrogen-bond donors (Lipinski definition) is 0. The van der Waals surface area contributed by atoms with Gasteiger partial charge in [-0.3, -0.25) is 4.79 Å². The van der Waals surface area contributed by atoms with Crippen LogP contribution < -0.4 is 10.1 Å². The maximum Gasteiger partial charge on any atom is 0.291 e. The van der Waals surface area contributed by atoms with Gasteiger partial charge in [-0.2, -0.15) is 9.50 Å². The highest BCUT2D eigenvalue weighted by Crippen LogP contribution is 2.20. The highest BCUT2D eigenvalue weighted by Gasteiger charge is 2.13. The van der Waals surface area contributed by atoms with Gasteiger partial charge in [0, 0.05) is 10.6 Å². The Hall–Kier alpha value is -2.50. The molecule has 0 aliphatic heterocycles. The van der Waals surface area contributed by atoms with Crippen molar-refractivity contribution in [3.8, 4) is 11.4 Å². The van der Waals surface area contributed by atoms with Crippen molar-refractivity contribution in [1.82, 2.24) is 14.6 Å². The number of benzene rings is 2. The normalized spacial score (nSPS) is 12.2. The summed E-state index contributed by atoms with van der Waals surface area (Å²) < 4.78 is 1.92. The minimum Gasteiger partial charge on any atom is -0.266 e. The molecule has 0 amide bonds.